The van der Waals surface area contributed by atoms with Crippen LogP contribution in [0, 0.1) is 0 Å². The molecule has 0 N–H and O–H groups in total. The second-order valence-corrected chi connectivity index (χ2v) is 7.63. The third kappa shape index (κ3) is 3.03. The van der Waals surface area contributed by atoms with Crippen molar-refractivity contribution in [2.45, 2.75) is 44.6 Å². The average Bonchev–Trinajstić information content (AvgIpc) is 3.29. The molecule has 0 unspecified atom stereocenters. The van der Waals surface area contributed by atoms with Gasteiger partial charge in [0.25, 0.3) is 5.56 Å². The molecule has 1 aliphatic carbocycles. The normalized spacial score (nSPS) is 18.3. The highest BCUT2D eigenvalue weighted by Gasteiger charge is 2.26. The SMILES string of the molecule is Cn1nc(CN2CCC(c3nnc4cc5c(nn34)CCC5)CC2)ccc1=O. The van der Waals surface area contributed by atoms with Crippen LogP contribution in [0.25, 0.3) is 5.65 Å². The Bertz CT molecular complexity index is 1050. The molecule has 0 aromatic carbocycles. The first-order valence-corrected chi connectivity index (χ1v) is 9.67. The topological polar surface area (TPSA) is 81.2 Å². The molecule has 27 heavy (non-hydrogen) atoms. The lowest BCUT2D eigenvalue weighted by Crippen LogP contribution is -2.34. The molecule has 0 spiro atoms. The first kappa shape index (κ1) is 16.6. The van der Waals surface area contributed by atoms with Gasteiger partial charge in [0.2, 0.25) is 0 Å². The third-order valence-corrected chi connectivity index (χ3v) is 5.80. The minimum Gasteiger partial charge on any atom is -0.297 e. The molecule has 140 valence electrons. The molecule has 8 nitrogen and oxygen atoms in total. The fraction of sp³-hybridized carbons (Fsp3) is 0.526. The van der Waals surface area contributed by atoms with Crippen molar-refractivity contribution in [3.05, 3.63) is 51.3 Å². The number of rotatable bonds is 3. The zero-order valence-electron chi connectivity index (χ0n) is 15.5. The van der Waals surface area contributed by atoms with E-state index in [9.17, 15) is 4.79 Å². The molecule has 0 radical (unpaired) electrons. The lowest BCUT2D eigenvalue weighted by atomic mass is 9.96. The summed E-state index contributed by atoms with van der Waals surface area (Å²) >= 11 is 0. The fourth-order valence-electron chi connectivity index (χ4n) is 4.26. The zero-order chi connectivity index (χ0) is 18.4. The summed E-state index contributed by atoms with van der Waals surface area (Å²) in [5, 5.41) is 18.0. The van der Waals surface area contributed by atoms with E-state index >= 15 is 0 Å². The predicted molar refractivity (Wildman–Crippen MR) is 99.5 cm³/mol. The third-order valence-electron chi connectivity index (χ3n) is 5.80. The van der Waals surface area contributed by atoms with E-state index in [4.69, 9.17) is 5.10 Å². The van der Waals surface area contributed by atoms with Crippen molar-refractivity contribution in [3.8, 4) is 0 Å². The molecule has 1 aliphatic heterocycles. The molecule has 2 aliphatic rings. The van der Waals surface area contributed by atoms with Crippen LogP contribution in [-0.4, -0.2) is 47.6 Å². The van der Waals surface area contributed by atoms with Gasteiger partial charge in [0.1, 0.15) is 0 Å². The number of piperidine rings is 1. The molecule has 1 fully saturated rings. The standard InChI is InChI=1S/C19H23N7O/c1-24-18(27)6-5-15(22-24)12-25-9-7-13(8-10-25)19-21-20-17-11-14-3-2-4-16(14)23-26(17)19/h5-6,11,13H,2-4,7-10,12H2,1H3. The van der Waals surface area contributed by atoms with Crippen molar-refractivity contribution in [2.24, 2.45) is 7.05 Å². The summed E-state index contributed by atoms with van der Waals surface area (Å²) in [6, 6.07) is 5.57. The molecule has 3 aromatic heterocycles. The molecule has 0 atom stereocenters. The molecule has 5 rings (SSSR count). The van der Waals surface area contributed by atoms with E-state index < -0.39 is 0 Å². The van der Waals surface area contributed by atoms with Crippen LogP contribution < -0.4 is 5.56 Å². The van der Waals surface area contributed by atoms with Crippen LogP contribution in [0.5, 0.6) is 0 Å². The minimum atomic E-state index is -0.0740. The zero-order valence-corrected chi connectivity index (χ0v) is 15.5. The van der Waals surface area contributed by atoms with Gasteiger partial charge in [0.15, 0.2) is 11.5 Å². The molecule has 0 bridgehead atoms. The van der Waals surface area contributed by atoms with Gasteiger partial charge < -0.3 is 0 Å². The van der Waals surface area contributed by atoms with Gasteiger partial charge >= 0.3 is 0 Å². The van der Waals surface area contributed by atoms with Crippen LogP contribution in [0.4, 0.5) is 0 Å². The lowest BCUT2D eigenvalue weighted by molar-refractivity contribution is 0.197. The highest BCUT2D eigenvalue weighted by molar-refractivity contribution is 5.43. The Morgan fingerprint density at radius 1 is 1.11 bits per heavy atom. The number of aryl methyl sites for hydroxylation is 3. The van der Waals surface area contributed by atoms with Gasteiger partial charge in [-0.3, -0.25) is 9.69 Å². The van der Waals surface area contributed by atoms with Crippen molar-refractivity contribution in [3.63, 3.8) is 0 Å². The van der Waals surface area contributed by atoms with Crippen molar-refractivity contribution in [1.82, 2.24) is 34.5 Å². The number of hydrogen-bond donors (Lipinski definition) is 0. The van der Waals surface area contributed by atoms with E-state index in [1.54, 1.807) is 13.1 Å². The summed E-state index contributed by atoms with van der Waals surface area (Å²) in [5.41, 5.74) is 4.28. The summed E-state index contributed by atoms with van der Waals surface area (Å²) in [6.45, 7) is 2.73. The molecule has 4 heterocycles. The van der Waals surface area contributed by atoms with E-state index in [2.05, 4.69) is 26.3 Å². The van der Waals surface area contributed by atoms with Gasteiger partial charge in [0.05, 0.1) is 11.4 Å². The average molecular weight is 365 g/mol. The van der Waals surface area contributed by atoms with Crippen LogP contribution in [0.15, 0.2) is 23.0 Å². The highest BCUT2D eigenvalue weighted by atomic mass is 16.1. The van der Waals surface area contributed by atoms with Gasteiger partial charge in [-0.15, -0.1) is 10.2 Å². The summed E-state index contributed by atoms with van der Waals surface area (Å²) < 4.78 is 3.37. The van der Waals surface area contributed by atoms with Crippen LogP contribution in [0.3, 0.4) is 0 Å². The summed E-state index contributed by atoms with van der Waals surface area (Å²) in [5.74, 6) is 1.39. The van der Waals surface area contributed by atoms with Crippen LogP contribution in [-0.2, 0) is 26.4 Å². The molecule has 0 saturated carbocycles. The number of hydrogen-bond acceptors (Lipinski definition) is 6. The Morgan fingerprint density at radius 3 is 2.78 bits per heavy atom. The first-order valence-electron chi connectivity index (χ1n) is 9.67. The predicted octanol–water partition coefficient (Wildman–Crippen LogP) is 1.09. The van der Waals surface area contributed by atoms with E-state index in [0.29, 0.717) is 5.92 Å². The van der Waals surface area contributed by atoms with Crippen LogP contribution in [0.2, 0.25) is 0 Å². The maximum atomic E-state index is 11.5. The Labute approximate surface area is 156 Å². The van der Waals surface area contributed by atoms with Crippen LogP contribution in [0.1, 0.15) is 48.0 Å². The summed E-state index contributed by atoms with van der Waals surface area (Å²) in [7, 11) is 1.69. The van der Waals surface area contributed by atoms with Gasteiger partial charge in [0, 0.05) is 25.6 Å². The van der Waals surface area contributed by atoms with E-state index in [1.807, 2.05) is 10.6 Å². The Morgan fingerprint density at radius 2 is 1.96 bits per heavy atom. The Hall–Kier alpha value is -2.61. The van der Waals surface area contributed by atoms with E-state index in [1.165, 1.54) is 22.4 Å². The molecule has 8 heteroatoms. The number of aromatic nitrogens is 6. The maximum Gasteiger partial charge on any atom is 0.266 e. The Balaban J connectivity index is 1.30. The Kier molecular flexibility index (Phi) is 4.00. The summed E-state index contributed by atoms with van der Waals surface area (Å²) in [4.78, 5) is 13.9. The van der Waals surface area contributed by atoms with Crippen molar-refractivity contribution in [1.29, 1.82) is 0 Å². The number of likely N-dealkylation sites (tertiary alicyclic amines) is 1. The van der Waals surface area contributed by atoms with Gasteiger partial charge in [-0.05, 0) is 62.9 Å². The first-order chi connectivity index (χ1) is 13.2. The van der Waals surface area contributed by atoms with E-state index in [0.717, 1.165) is 62.5 Å². The smallest absolute Gasteiger partial charge is 0.266 e. The highest BCUT2D eigenvalue weighted by Crippen LogP contribution is 2.28. The molecule has 3 aromatic rings. The van der Waals surface area contributed by atoms with Gasteiger partial charge in [-0.1, -0.05) is 0 Å². The summed E-state index contributed by atoms with van der Waals surface area (Å²) in [6.07, 6.45) is 5.43. The molecular formula is C19H23N7O. The maximum absolute atomic E-state index is 11.5. The largest absolute Gasteiger partial charge is 0.297 e. The second-order valence-electron chi connectivity index (χ2n) is 7.63. The van der Waals surface area contributed by atoms with Crippen molar-refractivity contribution >= 4 is 5.65 Å². The molecule has 1 saturated heterocycles. The number of nitrogens with zero attached hydrogens (tertiary/aromatic N) is 7. The van der Waals surface area contributed by atoms with E-state index in [-0.39, 0.29) is 5.56 Å². The van der Waals surface area contributed by atoms with Crippen molar-refractivity contribution < 1.29 is 0 Å². The number of fused-ring (bicyclic) bond motifs is 2. The fourth-order valence-corrected chi connectivity index (χ4v) is 4.26. The second kappa shape index (κ2) is 6.53. The molecule has 0 amide bonds. The minimum absolute atomic E-state index is 0.0740. The quantitative estimate of drug-likeness (QED) is 0.691. The van der Waals surface area contributed by atoms with Gasteiger partial charge in [-0.25, -0.2) is 4.68 Å². The monoisotopic (exact) mass is 365 g/mol. The lowest BCUT2D eigenvalue weighted by Gasteiger charge is -2.30. The van der Waals surface area contributed by atoms with Gasteiger partial charge in [-0.2, -0.15) is 14.7 Å². The van der Waals surface area contributed by atoms with Crippen molar-refractivity contribution in [2.75, 3.05) is 13.1 Å². The van der Waals surface area contributed by atoms with Crippen LogP contribution >= 0.6 is 0 Å². The molecular weight excluding hydrogens is 342 g/mol.